The molecule has 38 heavy (non-hydrogen) atoms. The summed E-state index contributed by atoms with van der Waals surface area (Å²) in [5.41, 5.74) is 2.71. The predicted molar refractivity (Wildman–Crippen MR) is 147 cm³/mol. The Balaban J connectivity index is 1.51. The molecule has 0 aliphatic rings. The first kappa shape index (κ1) is 27.3. The van der Waals surface area contributed by atoms with Gasteiger partial charge in [-0.05, 0) is 60.5 Å². The van der Waals surface area contributed by atoms with E-state index in [9.17, 15) is 8.42 Å². The highest BCUT2D eigenvalue weighted by molar-refractivity contribution is 7.88. The highest BCUT2D eigenvalue weighted by atomic mass is 35.5. The molecule has 9 nitrogen and oxygen atoms in total. The monoisotopic (exact) mass is 553 g/mol. The molecule has 0 saturated heterocycles. The molecule has 0 spiro atoms. The fourth-order valence-electron chi connectivity index (χ4n) is 3.57. The highest BCUT2D eigenvalue weighted by Gasteiger charge is 2.10. The van der Waals surface area contributed by atoms with Crippen LogP contribution in [0.5, 0.6) is 17.4 Å². The number of benzene rings is 2. The lowest BCUT2D eigenvalue weighted by Crippen LogP contribution is -2.20. The number of hydrogen-bond donors (Lipinski definition) is 2. The van der Waals surface area contributed by atoms with Crippen LogP contribution >= 0.6 is 11.6 Å². The number of nitrogens with one attached hydrogen (secondary N) is 2. The number of aromatic nitrogens is 3. The molecule has 0 amide bonds. The molecule has 0 unspecified atom stereocenters. The van der Waals surface area contributed by atoms with Crippen molar-refractivity contribution in [2.75, 3.05) is 19.5 Å². The summed E-state index contributed by atoms with van der Waals surface area (Å²) in [7, 11) is -0.327. The van der Waals surface area contributed by atoms with Crippen LogP contribution in [0, 0.1) is 0 Å². The Bertz CT molecular complexity index is 1450. The number of rotatable bonds is 12. The Hall–Kier alpha value is -3.73. The number of ether oxygens (including phenoxy) is 2. The van der Waals surface area contributed by atoms with Crippen molar-refractivity contribution in [2.24, 2.45) is 0 Å². The maximum absolute atomic E-state index is 11.8. The fraction of sp³-hybridized carbons (Fsp3) is 0.222. The zero-order valence-corrected chi connectivity index (χ0v) is 22.6. The van der Waals surface area contributed by atoms with Gasteiger partial charge in [0.05, 0.1) is 17.9 Å². The topological polar surface area (TPSA) is 115 Å². The van der Waals surface area contributed by atoms with E-state index in [4.69, 9.17) is 21.1 Å². The number of aryl methyl sites for hydroxylation is 2. The number of sulfonamides is 1. The summed E-state index contributed by atoms with van der Waals surface area (Å²) in [5.74, 6) is 2.98. The van der Waals surface area contributed by atoms with Crippen molar-refractivity contribution in [1.82, 2.24) is 19.7 Å². The molecule has 198 valence electrons. The summed E-state index contributed by atoms with van der Waals surface area (Å²) in [6.07, 6.45) is 4.45. The molecule has 2 aromatic heterocycles. The highest BCUT2D eigenvalue weighted by Crippen LogP contribution is 2.25. The van der Waals surface area contributed by atoms with Gasteiger partial charge >= 0.3 is 0 Å². The Morgan fingerprint density at radius 3 is 2.18 bits per heavy atom. The van der Waals surface area contributed by atoms with Crippen LogP contribution in [0.4, 0.5) is 5.82 Å². The minimum absolute atomic E-state index is 0.107. The maximum Gasteiger partial charge on any atom is 0.221 e. The molecule has 0 saturated carbocycles. The molecule has 2 N–H and O–H groups in total. The number of methoxy groups -OCH3 is 1. The van der Waals surface area contributed by atoms with E-state index >= 15 is 0 Å². The zero-order chi connectivity index (χ0) is 27.0. The third-order valence-electron chi connectivity index (χ3n) is 5.62. The summed E-state index contributed by atoms with van der Waals surface area (Å²) < 4.78 is 37.2. The van der Waals surface area contributed by atoms with E-state index in [1.807, 2.05) is 36.4 Å². The molecule has 0 radical (unpaired) electrons. The summed E-state index contributed by atoms with van der Waals surface area (Å²) in [6, 6.07) is 18.5. The summed E-state index contributed by atoms with van der Waals surface area (Å²) in [5, 5.41) is 3.85. The molecule has 2 heterocycles. The third kappa shape index (κ3) is 8.14. The quantitative estimate of drug-likeness (QED) is 0.258. The van der Waals surface area contributed by atoms with E-state index in [2.05, 4.69) is 25.0 Å². The molecule has 0 fully saturated rings. The van der Waals surface area contributed by atoms with Gasteiger partial charge in [0.1, 0.15) is 23.1 Å². The van der Waals surface area contributed by atoms with Crippen molar-refractivity contribution in [1.29, 1.82) is 0 Å². The summed E-state index contributed by atoms with van der Waals surface area (Å²) in [6.45, 7) is 0.564. The molecule has 11 heteroatoms. The van der Waals surface area contributed by atoms with Crippen molar-refractivity contribution >= 4 is 27.4 Å². The first-order valence-corrected chi connectivity index (χ1v) is 13.9. The molecule has 0 atom stereocenters. The fourth-order valence-corrected chi connectivity index (χ4v) is 4.45. The molecular formula is C27H28ClN5O4S. The smallest absolute Gasteiger partial charge is 0.221 e. The van der Waals surface area contributed by atoms with Crippen LogP contribution in [0.2, 0.25) is 5.02 Å². The number of hydrogen-bond acceptors (Lipinski definition) is 8. The number of nitrogens with zero attached hydrogens (tertiary/aromatic N) is 3. The van der Waals surface area contributed by atoms with Crippen LogP contribution in [0.1, 0.15) is 22.5 Å². The van der Waals surface area contributed by atoms with Gasteiger partial charge < -0.3 is 14.8 Å². The lowest BCUT2D eigenvalue weighted by molar-refractivity contribution is 0.414. The van der Waals surface area contributed by atoms with E-state index in [1.165, 1.54) is 7.05 Å². The van der Waals surface area contributed by atoms with Crippen LogP contribution in [0.25, 0.3) is 0 Å². The van der Waals surface area contributed by atoms with Gasteiger partial charge in [-0.15, -0.1) is 0 Å². The molecule has 2 aromatic carbocycles. The Morgan fingerprint density at radius 2 is 1.53 bits per heavy atom. The second-order valence-electron chi connectivity index (χ2n) is 8.43. The largest absolute Gasteiger partial charge is 0.497 e. The zero-order valence-electron chi connectivity index (χ0n) is 21.0. The Kier molecular flexibility index (Phi) is 9.11. The lowest BCUT2D eigenvalue weighted by Gasteiger charge is -2.12. The van der Waals surface area contributed by atoms with E-state index in [1.54, 1.807) is 43.8 Å². The van der Waals surface area contributed by atoms with Crippen molar-refractivity contribution in [3.63, 3.8) is 0 Å². The number of pyridine rings is 1. The van der Waals surface area contributed by atoms with Crippen LogP contribution < -0.4 is 19.5 Å². The molecular weight excluding hydrogens is 526 g/mol. The van der Waals surface area contributed by atoms with Gasteiger partial charge in [-0.25, -0.2) is 23.1 Å². The van der Waals surface area contributed by atoms with E-state index in [0.29, 0.717) is 53.2 Å². The van der Waals surface area contributed by atoms with Crippen LogP contribution in [-0.2, 0) is 35.2 Å². The van der Waals surface area contributed by atoms with Gasteiger partial charge in [0.25, 0.3) is 0 Å². The van der Waals surface area contributed by atoms with Crippen LogP contribution in [0.3, 0.4) is 0 Å². The minimum Gasteiger partial charge on any atom is -0.497 e. The van der Waals surface area contributed by atoms with E-state index < -0.39 is 10.0 Å². The summed E-state index contributed by atoms with van der Waals surface area (Å²) >= 11 is 5.90. The average Bonchev–Trinajstić information content (AvgIpc) is 2.93. The van der Waals surface area contributed by atoms with Crippen LogP contribution in [0.15, 0.2) is 73.1 Å². The van der Waals surface area contributed by atoms with Gasteiger partial charge in [0.15, 0.2) is 0 Å². The lowest BCUT2D eigenvalue weighted by atomic mass is 10.1. The van der Waals surface area contributed by atoms with Gasteiger partial charge in [0, 0.05) is 31.4 Å². The first-order valence-electron chi connectivity index (χ1n) is 11.8. The number of anilines is 1. The molecule has 0 aliphatic carbocycles. The SMILES string of the molecule is CNS(=O)(=O)Cc1ccc(Oc2cc(CCc3ncc(Cl)cn3)cc(NCc3ccc(OC)cc3)n2)cc1. The second-order valence-corrected chi connectivity index (χ2v) is 10.8. The molecule has 4 aromatic rings. The third-order valence-corrected chi connectivity index (χ3v) is 7.15. The molecule has 0 aliphatic heterocycles. The van der Waals surface area contributed by atoms with Gasteiger partial charge in [-0.2, -0.15) is 4.98 Å². The van der Waals surface area contributed by atoms with E-state index in [0.717, 1.165) is 16.9 Å². The first-order chi connectivity index (χ1) is 18.3. The Morgan fingerprint density at radius 1 is 0.868 bits per heavy atom. The van der Waals surface area contributed by atoms with Gasteiger partial charge in [0.2, 0.25) is 15.9 Å². The predicted octanol–water partition coefficient (Wildman–Crippen LogP) is 4.77. The molecule has 4 rings (SSSR count). The summed E-state index contributed by atoms with van der Waals surface area (Å²) in [4.78, 5) is 13.2. The van der Waals surface area contributed by atoms with Crippen molar-refractivity contribution < 1.29 is 17.9 Å². The normalized spacial score (nSPS) is 11.2. The van der Waals surface area contributed by atoms with Crippen molar-refractivity contribution in [2.45, 2.75) is 25.1 Å². The minimum atomic E-state index is -3.36. The average molecular weight is 554 g/mol. The Labute approximate surface area is 227 Å². The standard InChI is InChI=1S/C27H28ClN5O4S/c1-29-38(34,35)18-20-5-10-24(11-6-20)37-27-14-21(7-12-25-31-16-22(28)17-32-25)13-26(33-27)30-15-19-3-8-23(36-2)9-4-19/h3-6,8-11,13-14,16-17,29H,7,12,15,18H2,1-2H3,(H,30,33). The van der Waals surface area contributed by atoms with Crippen molar-refractivity contribution in [3.8, 4) is 17.4 Å². The molecule has 0 bridgehead atoms. The van der Waals surface area contributed by atoms with Gasteiger partial charge in [-0.3, -0.25) is 0 Å². The number of halogens is 1. The van der Waals surface area contributed by atoms with Crippen molar-refractivity contribution in [3.05, 3.63) is 101 Å². The second kappa shape index (κ2) is 12.7. The van der Waals surface area contributed by atoms with Gasteiger partial charge in [-0.1, -0.05) is 35.9 Å². The van der Waals surface area contributed by atoms with E-state index in [-0.39, 0.29) is 5.75 Å². The van der Waals surface area contributed by atoms with Crippen LogP contribution in [-0.4, -0.2) is 37.5 Å². The maximum atomic E-state index is 11.8.